The second-order valence-corrected chi connectivity index (χ2v) is 5.23. The Morgan fingerprint density at radius 3 is 2.94 bits per heavy atom. The Balaban J connectivity index is 2.21. The molecule has 1 aliphatic carbocycles. The van der Waals surface area contributed by atoms with Crippen LogP contribution in [0.4, 0.5) is 0 Å². The monoisotopic (exact) mass is 228 g/mol. The molecule has 0 aliphatic heterocycles. The lowest BCUT2D eigenvalue weighted by Crippen LogP contribution is -2.32. The van der Waals surface area contributed by atoms with E-state index < -0.39 is 0 Å². The maximum absolute atomic E-state index is 3.41. The van der Waals surface area contributed by atoms with E-state index in [2.05, 4.69) is 49.1 Å². The third kappa shape index (κ3) is 1.59. The summed E-state index contributed by atoms with van der Waals surface area (Å²) in [5.74, 6) is 0. The molecule has 0 bridgehead atoms. The van der Waals surface area contributed by atoms with Crippen LogP contribution < -0.4 is 5.32 Å². The summed E-state index contributed by atoms with van der Waals surface area (Å²) in [5.41, 5.74) is 5.84. The molecular formula is C15H20N2. The van der Waals surface area contributed by atoms with E-state index in [1.54, 1.807) is 5.56 Å². The highest BCUT2D eigenvalue weighted by molar-refractivity contribution is 5.86. The highest BCUT2D eigenvalue weighted by Crippen LogP contribution is 2.31. The van der Waals surface area contributed by atoms with Gasteiger partial charge in [0, 0.05) is 36.1 Å². The Hall–Kier alpha value is -1.28. The summed E-state index contributed by atoms with van der Waals surface area (Å²) in [5, 5.41) is 4.88. The van der Waals surface area contributed by atoms with E-state index in [1.165, 1.54) is 35.0 Å². The largest absolute Gasteiger partial charge is 0.347 e. The molecule has 1 aromatic heterocycles. The average Bonchev–Trinajstić information content (AvgIpc) is 2.62. The molecular weight excluding hydrogens is 208 g/mol. The van der Waals surface area contributed by atoms with Crippen molar-refractivity contribution in [3.63, 3.8) is 0 Å². The second kappa shape index (κ2) is 3.88. The first-order valence-electron chi connectivity index (χ1n) is 6.44. The fourth-order valence-electron chi connectivity index (χ4n) is 3.12. The summed E-state index contributed by atoms with van der Waals surface area (Å²) in [6, 6.07) is 7.48. The van der Waals surface area contributed by atoms with E-state index in [-0.39, 0.29) is 0 Å². The van der Waals surface area contributed by atoms with Crippen LogP contribution in [0.5, 0.6) is 0 Å². The van der Waals surface area contributed by atoms with Crippen LogP contribution in [-0.2, 0) is 19.9 Å². The summed E-state index contributed by atoms with van der Waals surface area (Å²) in [6.07, 6.45) is 3.63. The van der Waals surface area contributed by atoms with Gasteiger partial charge in [0.2, 0.25) is 0 Å². The van der Waals surface area contributed by atoms with Gasteiger partial charge >= 0.3 is 0 Å². The van der Waals surface area contributed by atoms with Crippen molar-refractivity contribution >= 4 is 10.9 Å². The van der Waals surface area contributed by atoms with Crippen LogP contribution in [0.15, 0.2) is 18.2 Å². The van der Waals surface area contributed by atoms with Crippen LogP contribution in [0.1, 0.15) is 23.2 Å². The Morgan fingerprint density at radius 2 is 2.18 bits per heavy atom. The van der Waals surface area contributed by atoms with E-state index in [0.29, 0.717) is 6.04 Å². The smallest absolute Gasteiger partial charge is 0.0485 e. The molecule has 1 aliphatic rings. The molecule has 1 N–H and O–H groups in total. The number of nitrogens with zero attached hydrogens (tertiary/aromatic N) is 1. The number of hydrogen-bond donors (Lipinski definition) is 1. The van der Waals surface area contributed by atoms with Crippen molar-refractivity contribution in [1.82, 2.24) is 9.88 Å². The molecule has 3 rings (SSSR count). The number of hydrogen-bond acceptors (Lipinski definition) is 1. The van der Waals surface area contributed by atoms with Gasteiger partial charge in [0.1, 0.15) is 0 Å². The van der Waals surface area contributed by atoms with E-state index in [9.17, 15) is 0 Å². The Morgan fingerprint density at radius 1 is 1.35 bits per heavy atom. The summed E-state index contributed by atoms with van der Waals surface area (Å²) in [7, 11) is 4.28. The standard InChI is InChI=1S/C15H20N2/c1-10-4-6-12-13-7-5-11(16-2)9-15(13)17(3)14(12)8-10/h4,6,8,11,16H,5,7,9H2,1-3H3. The number of benzene rings is 1. The van der Waals surface area contributed by atoms with Gasteiger partial charge in [-0.1, -0.05) is 12.1 Å². The SMILES string of the molecule is CNC1CCc2c(n(C)c3cc(C)ccc23)C1. The molecule has 1 heterocycles. The van der Waals surface area contributed by atoms with Gasteiger partial charge in [-0.15, -0.1) is 0 Å². The lowest BCUT2D eigenvalue weighted by atomic mass is 9.91. The number of rotatable bonds is 1. The first-order valence-corrected chi connectivity index (χ1v) is 6.44. The van der Waals surface area contributed by atoms with Gasteiger partial charge < -0.3 is 9.88 Å². The van der Waals surface area contributed by atoms with Gasteiger partial charge in [0.05, 0.1) is 0 Å². The van der Waals surface area contributed by atoms with Gasteiger partial charge in [0.15, 0.2) is 0 Å². The number of nitrogens with one attached hydrogen (secondary N) is 1. The third-order valence-electron chi connectivity index (χ3n) is 4.18. The number of fused-ring (bicyclic) bond motifs is 3. The second-order valence-electron chi connectivity index (χ2n) is 5.23. The first kappa shape index (κ1) is 10.8. The highest BCUT2D eigenvalue weighted by atomic mass is 15.0. The zero-order valence-electron chi connectivity index (χ0n) is 10.9. The molecule has 0 saturated heterocycles. The lowest BCUT2D eigenvalue weighted by molar-refractivity contribution is 0.485. The quantitative estimate of drug-likeness (QED) is 0.794. The zero-order chi connectivity index (χ0) is 12.0. The van der Waals surface area contributed by atoms with Gasteiger partial charge in [-0.2, -0.15) is 0 Å². The van der Waals surface area contributed by atoms with Gasteiger partial charge in [-0.3, -0.25) is 0 Å². The Labute approximate surface area is 103 Å². The maximum atomic E-state index is 3.41. The van der Waals surface area contributed by atoms with Gasteiger partial charge in [-0.05, 0) is 44.0 Å². The van der Waals surface area contributed by atoms with Crippen molar-refractivity contribution in [2.24, 2.45) is 7.05 Å². The van der Waals surface area contributed by atoms with Crippen molar-refractivity contribution in [2.75, 3.05) is 7.05 Å². The molecule has 1 unspecified atom stereocenters. The van der Waals surface area contributed by atoms with Crippen molar-refractivity contribution in [2.45, 2.75) is 32.2 Å². The molecule has 0 spiro atoms. The van der Waals surface area contributed by atoms with E-state index >= 15 is 0 Å². The van der Waals surface area contributed by atoms with Crippen LogP contribution in [0.3, 0.4) is 0 Å². The molecule has 1 aromatic carbocycles. The molecule has 2 heteroatoms. The fraction of sp³-hybridized carbons (Fsp3) is 0.467. The fourth-order valence-corrected chi connectivity index (χ4v) is 3.12. The van der Waals surface area contributed by atoms with Crippen LogP contribution in [0.2, 0.25) is 0 Å². The topological polar surface area (TPSA) is 17.0 Å². The third-order valence-corrected chi connectivity index (χ3v) is 4.18. The maximum Gasteiger partial charge on any atom is 0.0485 e. The van der Waals surface area contributed by atoms with E-state index in [1.807, 2.05) is 0 Å². The molecule has 1 atom stereocenters. The molecule has 0 saturated carbocycles. The minimum Gasteiger partial charge on any atom is -0.347 e. The van der Waals surface area contributed by atoms with Crippen LogP contribution in [0.25, 0.3) is 10.9 Å². The van der Waals surface area contributed by atoms with Crippen LogP contribution >= 0.6 is 0 Å². The number of likely N-dealkylation sites (N-methyl/N-ethyl adjacent to an activating group) is 1. The first-order chi connectivity index (χ1) is 8.20. The summed E-state index contributed by atoms with van der Waals surface area (Å²) >= 11 is 0. The van der Waals surface area contributed by atoms with Crippen molar-refractivity contribution < 1.29 is 0 Å². The predicted molar refractivity (Wildman–Crippen MR) is 72.5 cm³/mol. The minimum absolute atomic E-state index is 0.645. The van der Waals surface area contributed by atoms with Crippen LogP contribution in [-0.4, -0.2) is 17.7 Å². The molecule has 2 nitrogen and oxygen atoms in total. The van der Waals surface area contributed by atoms with E-state index in [4.69, 9.17) is 0 Å². The zero-order valence-corrected chi connectivity index (χ0v) is 10.9. The van der Waals surface area contributed by atoms with Gasteiger partial charge in [0.25, 0.3) is 0 Å². The normalized spacial score (nSPS) is 19.6. The molecule has 0 radical (unpaired) electrons. The minimum atomic E-state index is 0.645. The molecule has 90 valence electrons. The van der Waals surface area contributed by atoms with Crippen molar-refractivity contribution in [3.8, 4) is 0 Å². The Bertz CT molecular complexity index is 566. The lowest BCUT2D eigenvalue weighted by Gasteiger charge is -2.23. The van der Waals surface area contributed by atoms with Crippen molar-refractivity contribution in [3.05, 3.63) is 35.0 Å². The molecule has 0 fully saturated rings. The highest BCUT2D eigenvalue weighted by Gasteiger charge is 2.23. The average molecular weight is 228 g/mol. The van der Waals surface area contributed by atoms with Crippen LogP contribution in [0, 0.1) is 6.92 Å². The molecule has 0 amide bonds. The summed E-state index contributed by atoms with van der Waals surface area (Å²) < 4.78 is 2.39. The summed E-state index contributed by atoms with van der Waals surface area (Å²) in [4.78, 5) is 0. The Kier molecular flexibility index (Phi) is 2.48. The molecule has 2 aromatic rings. The van der Waals surface area contributed by atoms with Crippen molar-refractivity contribution in [1.29, 1.82) is 0 Å². The van der Waals surface area contributed by atoms with Gasteiger partial charge in [-0.25, -0.2) is 0 Å². The number of aryl methyl sites for hydroxylation is 3. The number of aromatic nitrogens is 1. The molecule has 17 heavy (non-hydrogen) atoms. The summed E-state index contributed by atoms with van der Waals surface area (Å²) in [6.45, 7) is 2.17. The predicted octanol–water partition coefficient (Wildman–Crippen LogP) is 2.56. The van der Waals surface area contributed by atoms with E-state index in [0.717, 1.165) is 6.42 Å².